The Morgan fingerprint density at radius 2 is 1.73 bits per heavy atom. The van der Waals surface area contributed by atoms with Crippen LogP contribution in [0.5, 0.6) is 5.88 Å². The van der Waals surface area contributed by atoms with Crippen molar-refractivity contribution in [3.8, 4) is 5.88 Å². The Hall–Kier alpha value is -2.70. The lowest BCUT2D eigenvalue weighted by Crippen LogP contribution is -3.13. The van der Waals surface area contributed by atoms with Crippen molar-refractivity contribution in [1.29, 1.82) is 0 Å². The van der Waals surface area contributed by atoms with Gasteiger partial charge in [0.15, 0.2) is 6.04 Å². The maximum Gasteiger partial charge on any atom is 0.235 e. The molecule has 5 nitrogen and oxygen atoms in total. The van der Waals surface area contributed by atoms with Crippen LogP contribution in [0.4, 0.5) is 0 Å². The van der Waals surface area contributed by atoms with Gasteiger partial charge >= 0.3 is 0 Å². The van der Waals surface area contributed by atoms with Gasteiger partial charge in [0, 0.05) is 5.56 Å². The van der Waals surface area contributed by atoms with Crippen molar-refractivity contribution in [3.63, 3.8) is 0 Å². The highest BCUT2D eigenvalue weighted by molar-refractivity contribution is 7.17. The van der Waals surface area contributed by atoms with Crippen molar-refractivity contribution >= 4 is 16.3 Å². The number of hydrogen-bond donors (Lipinski definition) is 2. The zero-order valence-corrected chi connectivity index (χ0v) is 18.0. The number of quaternary nitrogens is 1. The molecule has 30 heavy (non-hydrogen) atoms. The van der Waals surface area contributed by atoms with Gasteiger partial charge in [0.2, 0.25) is 10.8 Å². The van der Waals surface area contributed by atoms with E-state index in [4.69, 9.17) is 0 Å². The predicted octanol–water partition coefficient (Wildman–Crippen LogP) is 3.43. The molecule has 3 heterocycles. The number of hydrogen-bond acceptors (Lipinski definition) is 4. The summed E-state index contributed by atoms with van der Waals surface area (Å²) in [7, 11) is 0. The van der Waals surface area contributed by atoms with Crippen molar-refractivity contribution in [1.82, 2.24) is 14.6 Å². The molecular formula is C24H27N4OS+. The molecule has 2 aromatic heterocycles. The zero-order chi connectivity index (χ0) is 20.5. The minimum Gasteiger partial charge on any atom is -0.492 e. The van der Waals surface area contributed by atoms with Crippen LogP contribution in [0, 0.1) is 12.8 Å². The first-order valence-electron chi connectivity index (χ1n) is 10.7. The summed E-state index contributed by atoms with van der Waals surface area (Å²) in [5.41, 5.74) is 2.68. The summed E-state index contributed by atoms with van der Waals surface area (Å²) in [6.07, 6.45) is 3.56. The van der Waals surface area contributed by atoms with E-state index in [-0.39, 0.29) is 11.9 Å². The van der Waals surface area contributed by atoms with Gasteiger partial charge in [-0.15, -0.1) is 5.10 Å². The molecule has 1 aliphatic heterocycles. The Balaban J connectivity index is 1.40. The molecule has 0 radical (unpaired) electrons. The second kappa shape index (κ2) is 8.20. The van der Waals surface area contributed by atoms with Crippen LogP contribution in [-0.4, -0.2) is 32.8 Å². The highest BCUT2D eigenvalue weighted by atomic mass is 32.1. The van der Waals surface area contributed by atoms with Gasteiger partial charge in [-0.25, -0.2) is 4.98 Å². The van der Waals surface area contributed by atoms with Gasteiger partial charge < -0.3 is 10.0 Å². The normalized spacial score (nSPS) is 20.4. The largest absolute Gasteiger partial charge is 0.492 e. The quantitative estimate of drug-likeness (QED) is 0.521. The van der Waals surface area contributed by atoms with Crippen LogP contribution in [0.25, 0.3) is 4.96 Å². The van der Waals surface area contributed by atoms with E-state index in [0.29, 0.717) is 5.82 Å². The summed E-state index contributed by atoms with van der Waals surface area (Å²) in [6, 6.07) is 21.5. The molecule has 6 heteroatoms. The summed E-state index contributed by atoms with van der Waals surface area (Å²) < 4.78 is 1.59. The molecule has 1 fully saturated rings. The van der Waals surface area contributed by atoms with E-state index in [0.717, 1.165) is 35.3 Å². The smallest absolute Gasteiger partial charge is 0.235 e. The first kappa shape index (κ1) is 19.3. The maximum atomic E-state index is 11.0. The van der Waals surface area contributed by atoms with Crippen LogP contribution in [0.2, 0.25) is 0 Å². The first-order valence-corrected chi connectivity index (χ1v) is 11.5. The maximum absolute atomic E-state index is 11.0. The number of nitrogens with zero attached hydrogens (tertiary/aromatic N) is 3. The lowest BCUT2D eigenvalue weighted by molar-refractivity contribution is -0.931. The molecule has 0 saturated carbocycles. The minimum absolute atomic E-state index is 0.109. The van der Waals surface area contributed by atoms with Crippen molar-refractivity contribution in [3.05, 3.63) is 82.5 Å². The van der Waals surface area contributed by atoms with Crippen LogP contribution in [-0.2, 0) is 6.42 Å². The fourth-order valence-corrected chi connectivity index (χ4v) is 5.93. The van der Waals surface area contributed by atoms with Crippen LogP contribution in [0.15, 0.2) is 60.7 Å². The number of aromatic hydroxyl groups is 1. The number of likely N-dealkylation sites (tertiary alicyclic amines) is 1. The molecule has 2 aromatic carbocycles. The third-order valence-corrected chi connectivity index (χ3v) is 7.31. The number of thiazole rings is 1. The number of fused-ring (bicyclic) bond motifs is 1. The van der Waals surface area contributed by atoms with E-state index in [9.17, 15) is 5.11 Å². The number of aryl methyl sites for hydroxylation is 1. The summed E-state index contributed by atoms with van der Waals surface area (Å²) in [5.74, 6) is 1.66. The molecule has 1 atom stereocenters. The van der Waals surface area contributed by atoms with Gasteiger partial charge in [-0.1, -0.05) is 72.0 Å². The number of piperidine rings is 1. The molecule has 1 saturated heterocycles. The number of rotatable bonds is 5. The third kappa shape index (κ3) is 3.73. The van der Waals surface area contributed by atoms with E-state index in [2.05, 4.69) is 64.7 Å². The van der Waals surface area contributed by atoms with Gasteiger partial charge in [-0.3, -0.25) is 0 Å². The number of aromatic nitrogens is 3. The van der Waals surface area contributed by atoms with E-state index in [1.807, 2.05) is 13.0 Å². The van der Waals surface area contributed by atoms with Gasteiger partial charge in [0.1, 0.15) is 10.7 Å². The van der Waals surface area contributed by atoms with Gasteiger partial charge in [-0.2, -0.15) is 4.52 Å². The second-order valence-electron chi connectivity index (χ2n) is 8.28. The molecule has 0 aliphatic carbocycles. The SMILES string of the molecule is Cc1nc2sc([C@@H](c3ccccc3)[NH+]3CCC(Cc4ccccc4)CC3)c(O)n2n1. The number of benzene rings is 2. The predicted molar refractivity (Wildman–Crippen MR) is 119 cm³/mol. The third-order valence-electron chi connectivity index (χ3n) is 6.22. The standard InChI is InChI=1S/C24H26N4OS/c1-17-25-24-28(26-17)23(29)22(30-24)21(20-10-6-3-7-11-20)27-14-12-19(13-15-27)16-18-8-4-2-5-9-18/h2-11,19,21,29H,12-16H2,1H3/p+1/t21-/m1/s1. The molecule has 0 spiro atoms. The zero-order valence-electron chi connectivity index (χ0n) is 17.2. The van der Waals surface area contributed by atoms with Crippen molar-refractivity contribution in [2.24, 2.45) is 5.92 Å². The molecule has 5 rings (SSSR count). The topological polar surface area (TPSA) is 54.9 Å². The summed E-state index contributed by atoms with van der Waals surface area (Å²) in [4.78, 5) is 7.72. The summed E-state index contributed by atoms with van der Waals surface area (Å²) >= 11 is 1.56. The Labute approximate surface area is 180 Å². The molecular weight excluding hydrogens is 392 g/mol. The average Bonchev–Trinajstić information content (AvgIpc) is 3.28. The highest BCUT2D eigenvalue weighted by Gasteiger charge is 2.35. The molecule has 0 unspecified atom stereocenters. The Bertz CT molecular complexity index is 1110. The van der Waals surface area contributed by atoms with Gasteiger partial charge in [0.25, 0.3) is 0 Å². The average molecular weight is 420 g/mol. The molecule has 1 aliphatic rings. The van der Waals surface area contributed by atoms with Crippen LogP contribution in [0.3, 0.4) is 0 Å². The molecule has 0 bridgehead atoms. The first-order chi connectivity index (χ1) is 14.7. The molecule has 4 aromatic rings. The van der Waals surface area contributed by atoms with Crippen LogP contribution in [0.1, 0.15) is 40.7 Å². The second-order valence-corrected chi connectivity index (χ2v) is 9.29. The highest BCUT2D eigenvalue weighted by Crippen LogP contribution is 2.35. The van der Waals surface area contributed by atoms with Crippen molar-refractivity contribution in [2.75, 3.05) is 13.1 Å². The summed E-state index contributed by atoms with van der Waals surface area (Å²) in [5, 5.41) is 15.3. The van der Waals surface area contributed by atoms with Crippen LogP contribution < -0.4 is 4.90 Å². The molecule has 154 valence electrons. The van der Waals surface area contributed by atoms with E-state index < -0.39 is 0 Å². The molecule has 0 amide bonds. The van der Waals surface area contributed by atoms with Crippen LogP contribution >= 0.6 is 11.3 Å². The van der Waals surface area contributed by atoms with E-state index >= 15 is 0 Å². The fraction of sp³-hybridized carbons (Fsp3) is 0.333. The van der Waals surface area contributed by atoms with Crippen molar-refractivity contribution in [2.45, 2.75) is 32.2 Å². The Morgan fingerprint density at radius 3 is 2.40 bits per heavy atom. The molecule has 2 N–H and O–H groups in total. The summed E-state index contributed by atoms with van der Waals surface area (Å²) in [6.45, 7) is 4.06. The van der Waals surface area contributed by atoms with E-state index in [1.54, 1.807) is 15.9 Å². The fourth-order valence-electron chi connectivity index (χ4n) is 4.74. The monoisotopic (exact) mass is 419 g/mol. The van der Waals surface area contributed by atoms with E-state index in [1.165, 1.54) is 28.9 Å². The Kier molecular flexibility index (Phi) is 5.27. The lowest BCUT2D eigenvalue weighted by Gasteiger charge is -2.34. The Morgan fingerprint density at radius 1 is 1.07 bits per heavy atom. The lowest BCUT2D eigenvalue weighted by atomic mass is 9.89. The van der Waals surface area contributed by atoms with Gasteiger partial charge in [0.05, 0.1) is 13.1 Å². The minimum atomic E-state index is 0.109. The van der Waals surface area contributed by atoms with Gasteiger partial charge in [-0.05, 0) is 37.7 Å². The van der Waals surface area contributed by atoms with Crippen molar-refractivity contribution < 1.29 is 10.0 Å². The number of nitrogens with one attached hydrogen (secondary N) is 1.